The van der Waals surface area contributed by atoms with Crippen LogP contribution in [0.5, 0.6) is 0 Å². The Morgan fingerprint density at radius 1 is 0.500 bits per heavy atom. The van der Waals surface area contributed by atoms with E-state index in [9.17, 15) is 20.1 Å². The van der Waals surface area contributed by atoms with Gasteiger partial charge in [0.15, 0.2) is 0 Å². The van der Waals surface area contributed by atoms with Crippen LogP contribution in [-0.2, 0) is 4.79 Å². The minimum absolute atomic E-state index is 0.157. The standard InChI is InChI=1S/C43H83NO4/c1-3-5-7-9-11-13-15-17-18-19-20-21-22-23-24-25-26-28-30-32-34-36-38-42(47)44-40(39-45)43(48)41(46)37-35-33-31-29-27-16-14-12-10-8-6-4-2/h12,14,29,31,40-41,43,45-46,48H,3-11,13,15-28,30,32-39H2,1-2H3,(H,44,47)/b14-12+,31-29+. The van der Waals surface area contributed by atoms with Crippen LogP contribution in [0.25, 0.3) is 0 Å². The molecule has 0 aliphatic carbocycles. The van der Waals surface area contributed by atoms with E-state index in [4.69, 9.17) is 0 Å². The Bertz CT molecular complexity index is 709. The molecule has 0 aromatic carbocycles. The Morgan fingerprint density at radius 3 is 1.27 bits per heavy atom. The highest BCUT2D eigenvalue weighted by atomic mass is 16.3. The van der Waals surface area contributed by atoms with Gasteiger partial charge in [-0.05, 0) is 51.4 Å². The van der Waals surface area contributed by atoms with Gasteiger partial charge in [0.05, 0.1) is 18.8 Å². The number of carbonyl (C=O) groups is 1. The van der Waals surface area contributed by atoms with Gasteiger partial charge in [0, 0.05) is 6.42 Å². The first kappa shape index (κ1) is 46.8. The van der Waals surface area contributed by atoms with Crippen molar-refractivity contribution < 1.29 is 20.1 Å². The van der Waals surface area contributed by atoms with E-state index in [1.807, 2.05) is 0 Å². The first-order chi connectivity index (χ1) is 23.6. The zero-order valence-corrected chi connectivity index (χ0v) is 32.1. The van der Waals surface area contributed by atoms with Crippen molar-refractivity contribution in [2.24, 2.45) is 0 Å². The molecule has 4 N–H and O–H groups in total. The van der Waals surface area contributed by atoms with Crippen molar-refractivity contribution in [3.05, 3.63) is 24.3 Å². The van der Waals surface area contributed by atoms with Crippen LogP contribution in [0, 0.1) is 0 Å². The summed E-state index contributed by atoms with van der Waals surface area (Å²) in [6.07, 6.45) is 45.8. The summed E-state index contributed by atoms with van der Waals surface area (Å²) in [6.45, 7) is 4.13. The first-order valence-electron chi connectivity index (χ1n) is 21.1. The summed E-state index contributed by atoms with van der Waals surface area (Å²) in [6, 6.07) is -0.827. The van der Waals surface area contributed by atoms with Gasteiger partial charge in [-0.15, -0.1) is 0 Å². The van der Waals surface area contributed by atoms with Crippen molar-refractivity contribution in [1.82, 2.24) is 5.32 Å². The monoisotopic (exact) mass is 678 g/mol. The lowest BCUT2D eigenvalue weighted by atomic mass is 10.0. The van der Waals surface area contributed by atoms with Crippen LogP contribution in [0.1, 0.15) is 219 Å². The fraction of sp³-hybridized carbons (Fsp3) is 0.884. The lowest BCUT2D eigenvalue weighted by molar-refractivity contribution is -0.124. The summed E-state index contributed by atoms with van der Waals surface area (Å²) in [7, 11) is 0. The molecule has 48 heavy (non-hydrogen) atoms. The predicted molar refractivity (Wildman–Crippen MR) is 208 cm³/mol. The van der Waals surface area contributed by atoms with Crippen LogP contribution >= 0.6 is 0 Å². The van der Waals surface area contributed by atoms with Crippen molar-refractivity contribution in [2.45, 2.75) is 238 Å². The second-order valence-electron chi connectivity index (χ2n) is 14.5. The Hall–Kier alpha value is -1.17. The summed E-state index contributed by atoms with van der Waals surface area (Å²) in [4.78, 5) is 12.4. The van der Waals surface area contributed by atoms with Crippen molar-refractivity contribution >= 4 is 5.91 Å². The smallest absolute Gasteiger partial charge is 0.220 e. The van der Waals surface area contributed by atoms with Crippen LogP contribution in [0.15, 0.2) is 24.3 Å². The average Bonchev–Trinajstić information content (AvgIpc) is 3.09. The third-order valence-electron chi connectivity index (χ3n) is 9.79. The van der Waals surface area contributed by atoms with E-state index in [0.717, 1.165) is 44.9 Å². The number of rotatable bonds is 38. The SMILES string of the molecule is CCCCC/C=C/CC/C=C/CCCC(O)C(O)C(CO)NC(=O)CCCCCCCCCCCCCCCCCCCCCCCC. The Kier molecular flexibility index (Phi) is 37.7. The van der Waals surface area contributed by atoms with Gasteiger partial charge < -0.3 is 20.6 Å². The molecule has 0 bridgehead atoms. The van der Waals surface area contributed by atoms with E-state index >= 15 is 0 Å². The van der Waals surface area contributed by atoms with E-state index in [1.54, 1.807) is 0 Å². The maximum Gasteiger partial charge on any atom is 0.220 e. The van der Waals surface area contributed by atoms with Crippen LogP contribution < -0.4 is 5.32 Å². The topological polar surface area (TPSA) is 89.8 Å². The first-order valence-corrected chi connectivity index (χ1v) is 21.1. The number of carbonyl (C=O) groups excluding carboxylic acids is 1. The summed E-state index contributed by atoms with van der Waals surface area (Å²) < 4.78 is 0. The molecule has 284 valence electrons. The number of hydrogen-bond donors (Lipinski definition) is 4. The molecule has 0 saturated carbocycles. The number of unbranched alkanes of at least 4 members (excludes halogenated alkanes) is 26. The van der Waals surface area contributed by atoms with Gasteiger partial charge in [0.2, 0.25) is 5.91 Å². The third-order valence-corrected chi connectivity index (χ3v) is 9.79. The number of aliphatic hydroxyl groups is 3. The van der Waals surface area contributed by atoms with Crippen molar-refractivity contribution in [2.75, 3.05) is 6.61 Å². The summed E-state index contributed by atoms with van der Waals surface area (Å²) in [5, 5.41) is 33.4. The van der Waals surface area contributed by atoms with Gasteiger partial charge in [-0.25, -0.2) is 0 Å². The largest absolute Gasteiger partial charge is 0.394 e. The van der Waals surface area contributed by atoms with Crippen molar-refractivity contribution in [1.29, 1.82) is 0 Å². The Balaban J connectivity index is 3.61. The van der Waals surface area contributed by atoms with E-state index in [1.165, 1.54) is 148 Å². The molecule has 1 amide bonds. The number of amides is 1. The van der Waals surface area contributed by atoms with E-state index in [-0.39, 0.29) is 12.5 Å². The predicted octanol–water partition coefficient (Wildman–Crippen LogP) is 11.8. The minimum atomic E-state index is -1.16. The molecule has 0 heterocycles. The van der Waals surface area contributed by atoms with Gasteiger partial charge >= 0.3 is 0 Å². The second-order valence-corrected chi connectivity index (χ2v) is 14.5. The molecule has 5 nitrogen and oxygen atoms in total. The van der Waals surface area contributed by atoms with E-state index in [2.05, 4.69) is 43.5 Å². The molecule has 0 aliphatic heterocycles. The van der Waals surface area contributed by atoms with Gasteiger partial charge in [-0.1, -0.05) is 186 Å². The van der Waals surface area contributed by atoms with Crippen molar-refractivity contribution in [3.8, 4) is 0 Å². The lowest BCUT2D eigenvalue weighted by Gasteiger charge is -2.26. The van der Waals surface area contributed by atoms with Crippen molar-refractivity contribution in [3.63, 3.8) is 0 Å². The molecule has 5 heteroatoms. The molecule has 0 saturated heterocycles. The molecule has 0 radical (unpaired) electrons. The van der Waals surface area contributed by atoms with Gasteiger partial charge in [0.1, 0.15) is 6.10 Å². The molecule has 0 aromatic heterocycles. The highest BCUT2D eigenvalue weighted by Gasteiger charge is 2.26. The summed E-state index contributed by atoms with van der Waals surface area (Å²) in [5.74, 6) is -0.157. The zero-order chi connectivity index (χ0) is 35.2. The third kappa shape index (κ3) is 33.3. The summed E-state index contributed by atoms with van der Waals surface area (Å²) >= 11 is 0. The molecule has 0 spiro atoms. The van der Waals surface area contributed by atoms with Gasteiger partial charge in [0.25, 0.3) is 0 Å². The number of hydrogen-bond acceptors (Lipinski definition) is 4. The minimum Gasteiger partial charge on any atom is -0.394 e. The maximum atomic E-state index is 12.4. The number of aliphatic hydroxyl groups excluding tert-OH is 3. The fourth-order valence-corrected chi connectivity index (χ4v) is 6.47. The summed E-state index contributed by atoms with van der Waals surface area (Å²) in [5.41, 5.74) is 0. The average molecular weight is 678 g/mol. The Labute approximate surface area is 299 Å². The normalized spacial score (nSPS) is 13.9. The molecule has 0 aromatic rings. The molecule has 0 fully saturated rings. The molecule has 0 rings (SSSR count). The van der Waals surface area contributed by atoms with E-state index in [0.29, 0.717) is 12.8 Å². The van der Waals surface area contributed by atoms with Gasteiger partial charge in [-0.3, -0.25) is 4.79 Å². The fourth-order valence-electron chi connectivity index (χ4n) is 6.47. The van der Waals surface area contributed by atoms with Crippen LogP contribution in [0.4, 0.5) is 0 Å². The highest BCUT2D eigenvalue weighted by molar-refractivity contribution is 5.76. The van der Waals surface area contributed by atoms with Crippen LogP contribution in [0.2, 0.25) is 0 Å². The zero-order valence-electron chi connectivity index (χ0n) is 32.1. The molecule has 3 atom stereocenters. The number of allylic oxidation sites excluding steroid dienone is 4. The van der Waals surface area contributed by atoms with E-state index < -0.39 is 18.2 Å². The van der Waals surface area contributed by atoms with Gasteiger partial charge in [-0.2, -0.15) is 0 Å². The van der Waals surface area contributed by atoms with Crippen LogP contribution in [-0.4, -0.2) is 46.1 Å². The molecule has 3 unspecified atom stereocenters. The molecule has 0 aliphatic rings. The molecular weight excluding hydrogens is 594 g/mol. The quantitative estimate of drug-likeness (QED) is 0.0387. The molecular formula is C43H83NO4. The highest BCUT2D eigenvalue weighted by Crippen LogP contribution is 2.16. The number of nitrogens with one attached hydrogen (secondary N) is 1. The van der Waals surface area contributed by atoms with Crippen LogP contribution in [0.3, 0.4) is 0 Å². The second kappa shape index (κ2) is 38.6. The maximum absolute atomic E-state index is 12.4. The Morgan fingerprint density at radius 2 is 0.854 bits per heavy atom. The lowest BCUT2D eigenvalue weighted by Crippen LogP contribution is -2.50.